The molecule has 2 fully saturated rings. The summed E-state index contributed by atoms with van der Waals surface area (Å²) in [5.74, 6) is -1.41. The van der Waals surface area contributed by atoms with Gasteiger partial charge in [0.05, 0.1) is 50.9 Å². The minimum Gasteiger partial charge on any atom is -0.379 e. The maximum absolute atomic E-state index is 15.3. The fourth-order valence-electron chi connectivity index (χ4n) is 11.0. The first-order valence-corrected chi connectivity index (χ1v) is 26.6. The highest BCUT2D eigenvalue weighted by Crippen LogP contribution is 2.43. The number of carbonyl (C=O) groups is 6. The molecule has 2 aromatic carbocycles. The molecule has 0 bridgehead atoms. The number of nitriles is 1. The third-order valence-electron chi connectivity index (χ3n) is 15.2. The molecule has 4 atom stereocenters. The molecule has 78 heavy (non-hydrogen) atoms. The summed E-state index contributed by atoms with van der Waals surface area (Å²) in [5.41, 5.74) is 0.919. The van der Waals surface area contributed by atoms with E-state index in [0.29, 0.717) is 85.9 Å². The Balaban J connectivity index is 0.931. The zero-order valence-electron chi connectivity index (χ0n) is 44.8. The smallest absolute Gasteiger partial charge is 0.379 e. The van der Waals surface area contributed by atoms with Crippen molar-refractivity contribution in [3.05, 3.63) is 106 Å². The summed E-state index contributed by atoms with van der Waals surface area (Å²) >= 11 is 0. The van der Waals surface area contributed by atoms with E-state index in [9.17, 15) is 34.0 Å². The average Bonchev–Trinajstić information content (AvgIpc) is 4.15. The number of carbonyl (C=O) groups excluding carboxylic acids is 6. The third-order valence-corrected chi connectivity index (χ3v) is 15.2. The van der Waals surface area contributed by atoms with Crippen LogP contribution < -0.4 is 26.2 Å². The highest BCUT2D eigenvalue weighted by molar-refractivity contribution is 6.13. The molecule has 6 amide bonds. The number of hydrogen-bond acceptors (Lipinski definition) is 12. The maximum Gasteiger partial charge on any atom is 0.416 e. The Kier molecular flexibility index (Phi) is 17.5. The lowest BCUT2D eigenvalue weighted by Gasteiger charge is -2.44. The van der Waals surface area contributed by atoms with Gasteiger partial charge in [-0.15, -0.1) is 10.2 Å². The summed E-state index contributed by atoms with van der Waals surface area (Å²) in [6.07, 6.45) is 3.50. The number of hydrogen-bond donors (Lipinski definition) is 4. The minimum absolute atomic E-state index is 0.0281. The number of nitrogens with zero attached hydrogens (tertiary/aromatic N) is 8. The summed E-state index contributed by atoms with van der Waals surface area (Å²) in [4.78, 5) is 84.9. The first kappa shape index (κ1) is 56.7. The summed E-state index contributed by atoms with van der Waals surface area (Å²) in [7, 11) is 1.84. The number of rotatable bonds is 23. The lowest BCUT2D eigenvalue weighted by Crippen LogP contribution is -2.53. The minimum atomic E-state index is -4.77. The molecule has 2 saturated heterocycles. The first-order valence-electron chi connectivity index (χ1n) is 26.6. The number of benzene rings is 2. The van der Waals surface area contributed by atoms with Crippen molar-refractivity contribution in [2.75, 3.05) is 54.9 Å². The van der Waals surface area contributed by atoms with Crippen LogP contribution in [-0.2, 0) is 73.4 Å². The number of unbranched alkanes of at least 4 members (excludes halogenated alkanes) is 2. The summed E-state index contributed by atoms with van der Waals surface area (Å²) in [6, 6.07) is 13.8. The van der Waals surface area contributed by atoms with Crippen molar-refractivity contribution in [2.45, 2.75) is 122 Å². The predicted octanol–water partition coefficient (Wildman–Crippen LogP) is 6.24. The molecule has 3 unspecified atom stereocenters. The van der Waals surface area contributed by atoms with Gasteiger partial charge in [-0.1, -0.05) is 39.3 Å². The number of aromatic nitrogens is 4. The van der Waals surface area contributed by atoms with Crippen LogP contribution in [0.25, 0.3) is 0 Å². The number of halogens is 3. The largest absolute Gasteiger partial charge is 0.416 e. The molecule has 19 nitrogen and oxygen atoms in total. The molecule has 2 aromatic heterocycles. The number of imide groups is 1. The topological polar surface area (TPSA) is 234 Å². The Morgan fingerprint density at radius 3 is 2.32 bits per heavy atom. The Bertz CT molecular complexity index is 2970. The number of ether oxygens (including phenoxy) is 1. The second-order valence-corrected chi connectivity index (χ2v) is 21.8. The molecule has 8 rings (SSSR count). The van der Waals surface area contributed by atoms with Crippen molar-refractivity contribution in [1.82, 2.24) is 35.3 Å². The van der Waals surface area contributed by atoms with Gasteiger partial charge in [-0.3, -0.25) is 38.6 Å². The molecule has 0 saturated carbocycles. The van der Waals surface area contributed by atoms with E-state index in [1.54, 1.807) is 51.4 Å². The molecule has 4 N–H and O–H groups in total. The average molecular weight is 1080 g/mol. The van der Waals surface area contributed by atoms with Gasteiger partial charge in [0.25, 0.3) is 17.7 Å². The van der Waals surface area contributed by atoms with Crippen molar-refractivity contribution in [3.8, 4) is 6.07 Å². The Labute approximate surface area is 451 Å². The zero-order chi connectivity index (χ0) is 55.9. The molecule has 4 aromatic rings. The van der Waals surface area contributed by atoms with Crippen molar-refractivity contribution in [1.29, 1.82) is 5.26 Å². The lowest BCUT2D eigenvalue weighted by molar-refractivity contribution is -0.960. The van der Waals surface area contributed by atoms with Crippen LogP contribution in [0.1, 0.15) is 117 Å². The SMILES string of the molecule is CC(NC(=O)C(NC(=O)CCCCCN1C(=O)C=CC1=O)C(C)C)C(=O)Nc1ccc(C[N+]2(Cc3cc4c(c(C(F)(F)F)c3)CN(c3cc(C5(Cc6nncn6C)COC5)cc(NCCC#N)n3)C4=O)CCC[C@H](C)C2)cc1. The quantitative estimate of drug-likeness (QED) is 0.0367. The third kappa shape index (κ3) is 13.2. The van der Waals surface area contributed by atoms with Crippen LogP contribution in [-0.4, -0.2) is 116 Å². The second-order valence-electron chi connectivity index (χ2n) is 21.8. The van der Waals surface area contributed by atoms with E-state index in [4.69, 9.17) is 9.72 Å². The van der Waals surface area contributed by atoms with Crippen LogP contribution in [0.15, 0.2) is 67.0 Å². The number of amides is 6. The zero-order valence-corrected chi connectivity index (χ0v) is 44.8. The van der Waals surface area contributed by atoms with E-state index in [0.717, 1.165) is 28.9 Å². The van der Waals surface area contributed by atoms with Gasteiger partial charge in [0.1, 0.15) is 49.0 Å². The second kappa shape index (κ2) is 24.0. The molecule has 0 spiro atoms. The maximum atomic E-state index is 15.3. The summed E-state index contributed by atoms with van der Waals surface area (Å²) in [6.45, 7) is 10.2. The lowest BCUT2D eigenvalue weighted by atomic mass is 9.75. The van der Waals surface area contributed by atoms with Gasteiger partial charge in [-0.05, 0) is 86.1 Å². The van der Waals surface area contributed by atoms with Gasteiger partial charge in [0, 0.05) is 78.8 Å². The molecule has 414 valence electrons. The van der Waals surface area contributed by atoms with Crippen LogP contribution in [0.4, 0.5) is 30.5 Å². The van der Waals surface area contributed by atoms with E-state index < -0.39 is 47.0 Å². The molecule has 0 aliphatic carbocycles. The number of aryl methyl sites for hydroxylation is 1. The molecule has 22 heteroatoms. The summed E-state index contributed by atoms with van der Waals surface area (Å²) in [5, 5.41) is 29.0. The van der Waals surface area contributed by atoms with E-state index in [2.05, 4.69) is 44.5 Å². The normalized spacial score (nSPS) is 19.5. The molecule has 4 aliphatic rings. The van der Waals surface area contributed by atoms with Crippen molar-refractivity contribution >= 4 is 52.8 Å². The van der Waals surface area contributed by atoms with Crippen molar-refractivity contribution < 1.29 is 51.2 Å². The summed E-state index contributed by atoms with van der Waals surface area (Å²) < 4.78 is 53.7. The van der Waals surface area contributed by atoms with E-state index in [1.165, 1.54) is 23.1 Å². The number of fused-ring (bicyclic) bond motifs is 1. The van der Waals surface area contributed by atoms with Crippen LogP contribution in [0, 0.1) is 23.2 Å². The highest BCUT2D eigenvalue weighted by Gasteiger charge is 2.45. The Morgan fingerprint density at radius 2 is 1.68 bits per heavy atom. The molecular weight excluding hydrogens is 1010 g/mol. The van der Waals surface area contributed by atoms with Gasteiger partial charge in [0.15, 0.2) is 0 Å². The highest BCUT2D eigenvalue weighted by atomic mass is 19.4. The van der Waals surface area contributed by atoms with Crippen molar-refractivity contribution in [2.24, 2.45) is 18.9 Å². The standard InChI is InChI=1S/C56H67F3N12O7/c1-35(2)51(66-48(72)12-7-6-8-21-69-49(73)17-18-50(69)74)53(76)63-37(4)52(75)64-41-15-13-38(14-16-41)30-71(22-9-11-36(3)29-71)31-39-23-42-43(44(24-39)56(57,58)59)28-70(54(42)77)46-26-40(25-45(65-46)61-20-10-19-60)55(32-78-33-55)27-47-67-62-34-68(47)5/h13-18,23-26,34-37,51H,6-12,20-22,27-33H2,1-5H3,(H3-,61,63,64,65,66,72,75,76)/p+1/t36-,37?,51?,71?/m0/s1. The number of pyridine rings is 1. The Morgan fingerprint density at radius 1 is 0.949 bits per heavy atom. The molecule has 4 aliphatic heterocycles. The number of alkyl halides is 3. The predicted molar refractivity (Wildman–Crippen MR) is 282 cm³/mol. The van der Waals surface area contributed by atoms with Gasteiger partial charge in [-0.2, -0.15) is 18.4 Å². The number of anilines is 3. The first-order chi connectivity index (χ1) is 37.2. The molecule has 0 radical (unpaired) electrons. The van der Waals surface area contributed by atoms with Gasteiger partial charge < -0.3 is 35.1 Å². The fraction of sp³-hybridized carbons (Fsp3) is 0.500. The van der Waals surface area contributed by atoms with Gasteiger partial charge in [0.2, 0.25) is 17.7 Å². The molecule has 6 heterocycles. The number of nitrogens with one attached hydrogen (secondary N) is 4. The fourth-order valence-corrected chi connectivity index (χ4v) is 11.0. The van der Waals surface area contributed by atoms with Crippen LogP contribution in [0.2, 0.25) is 0 Å². The van der Waals surface area contributed by atoms with Crippen LogP contribution in [0.3, 0.4) is 0 Å². The van der Waals surface area contributed by atoms with Crippen LogP contribution >= 0.6 is 0 Å². The monoisotopic (exact) mass is 1080 g/mol. The van der Waals surface area contributed by atoms with Gasteiger partial charge >= 0.3 is 6.18 Å². The van der Waals surface area contributed by atoms with Gasteiger partial charge in [-0.25, -0.2) is 4.98 Å². The molecular formula is C56H68F3N12O7+. The number of piperidine rings is 1. The van der Waals surface area contributed by atoms with Crippen LogP contribution in [0.5, 0.6) is 0 Å². The van der Waals surface area contributed by atoms with E-state index in [1.807, 2.05) is 29.8 Å². The van der Waals surface area contributed by atoms with Crippen molar-refractivity contribution in [3.63, 3.8) is 0 Å². The Hall–Kier alpha value is -7.51. The number of quaternary nitrogens is 1. The number of likely N-dealkylation sites (tertiary alicyclic amines) is 1. The van der Waals surface area contributed by atoms with E-state index in [-0.39, 0.29) is 85.5 Å². The van der Waals surface area contributed by atoms with E-state index >= 15 is 13.2 Å².